The van der Waals surface area contributed by atoms with Crippen LogP contribution in [0.2, 0.25) is 0 Å². The number of hydrogen-bond acceptors (Lipinski definition) is 3. The van der Waals surface area contributed by atoms with Gasteiger partial charge in [-0.3, -0.25) is 4.79 Å². The lowest BCUT2D eigenvalue weighted by atomic mass is 10.0. The first-order chi connectivity index (χ1) is 15.1. The van der Waals surface area contributed by atoms with Crippen molar-refractivity contribution in [2.45, 2.75) is 20.0 Å². The lowest BCUT2D eigenvalue weighted by Gasteiger charge is -2.12. The van der Waals surface area contributed by atoms with Crippen molar-refractivity contribution in [3.8, 4) is 0 Å². The van der Waals surface area contributed by atoms with Crippen LogP contribution in [0.25, 0.3) is 10.8 Å². The van der Waals surface area contributed by atoms with Gasteiger partial charge in [-0.25, -0.2) is 4.79 Å². The van der Waals surface area contributed by atoms with Gasteiger partial charge in [-0.1, -0.05) is 84.4 Å². The van der Waals surface area contributed by atoms with Gasteiger partial charge >= 0.3 is 5.97 Å². The van der Waals surface area contributed by atoms with E-state index in [2.05, 4.69) is 5.32 Å². The summed E-state index contributed by atoms with van der Waals surface area (Å²) >= 11 is 0. The van der Waals surface area contributed by atoms with Gasteiger partial charge in [0.15, 0.2) is 0 Å². The topological polar surface area (TPSA) is 55.4 Å². The predicted octanol–water partition coefficient (Wildman–Crippen LogP) is 5.69. The Labute approximate surface area is 181 Å². The lowest BCUT2D eigenvalue weighted by Crippen LogP contribution is -2.17. The fourth-order valence-corrected chi connectivity index (χ4v) is 3.50. The zero-order chi connectivity index (χ0) is 21.6. The van der Waals surface area contributed by atoms with Crippen LogP contribution in [0, 0.1) is 6.92 Å². The van der Waals surface area contributed by atoms with E-state index in [-0.39, 0.29) is 18.9 Å². The highest BCUT2D eigenvalue weighted by Gasteiger charge is 2.15. The Bertz CT molecular complexity index is 1220. The number of esters is 1. The molecule has 0 saturated carbocycles. The van der Waals surface area contributed by atoms with E-state index >= 15 is 0 Å². The van der Waals surface area contributed by atoms with Crippen LogP contribution in [-0.4, -0.2) is 11.9 Å². The van der Waals surface area contributed by atoms with E-state index in [0.717, 1.165) is 27.5 Å². The van der Waals surface area contributed by atoms with Crippen LogP contribution >= 0.6 is 0 Å². The molecule has 1 amide bonds. The number of anilines is 1. The summed E-state index contributed by atoms with van der Waals surface area (Å²) in [5.74, 6) is -0.656. The van der Waals surface area contributed by atoms with Crippen molar-refractivity contribution in [2.24, 2.45) is 0 Å². The van der Waals surface area contributed by atoms with Gasteiger partial charge < -0.3 is 10.1 Å². The molecule has 4 aromatic rings. The Kier molecular flexibility index (Phi) is 6.08. The highest BCUT2D eigenvalue weighted by Crippen LogP contribution is 2.21. The first-order valence-electron chi connectivity index (χ1n) is 10.2. The summed E-state index contributed by atoms with van der Waals surface area (Å²) in [5.41, 5.74) is 3.78. The first kappa shape index (κ1) is 20.4. The van der Waals surface area contributed by atoms with E-state index < -0.39 is 5.97 Å². The quantitative estimate of drug-likeness (QED) is 0.417. The van der Waals surface area contributed by atoms with Crippen LogP contribution < -0.4 is 5.32 Å². The summed E-state index contributed by atoms with van der Waals surface area (Å²) in [7, 11) is 0. The van der Waals surface area contributed by atoms with Crippen molar-refractivity contribution in [1.29, 1.82) is 0 Å². The number of carbonyl (C=O) groups excluding carboxylic acids is 2. The molecule has 4 aromatic carbocycles. The Morgan fingerprint density at radius 3 is 2.35 bits per heavy atom. The van der Waals surface area contributed by atoms with Gasteiger partial charge in [0.05, 0.1) is 17.7 Å². The van der Waals surface area contributed by atoms with Crippen molar-refractivity contribution in [1.82, 2.24) is 0 Å². The SMILES string of the molecule is Cc1ccc(COC(=O)c2ccccc2NC(=O)Cc2cccc3ccccc23)cc1. The number of carbonyl (C=O) groups is 2. The number of hydrogen-bond donors (Lipinski definition) is 1. The van der Waals surface area contributed by atoms with Gasteiger partial charge in [-0.05, 0) is 41.0 Å². The normalized spacial score (nSPS) is 10.6. The molecule has 0 aliphatic heterocycles. The molecule has 0 spiro atoms. The summed E-state index contributed by atoms with van der Waals surface area (Å²) in [6, 6.07) is 28.6. The number of benzene rings is 4. The second kappa shape index (κ2) is 9.26. The molecule has 4 nitrogen and oxygen atoms in total. The first-order valence-corrected chi connectivity index (χ1v) is 10.2. The number of aryl methyl sites for hydroxylation is 1. The molecule has 0 atom stereocenters. The number of ether oxygens (including phenoxy) is 1. The molecule has 0 aliphatic rings. The van der Waals surface area contributed by atoms with Crippen LogP contribution in [0.3, 0.4) is 0 Å². The zero-order valence-electron chi connectivity index (χ0n) is 17.3. The minimum atomic E-state index is -0.471. The van der Waals surface area contributed by atoms with Crippen molar-refractivity contribution in [3.63, 3.8) is 0 Å². The van der Waals surface area contributed by atoms with Crippen molar-refractivity contribution in [2.75, 3.05) is 5.32 Å². The second-order valence-corrected chi connectivity index (χ2v) is 7.47. The van der Waals surface area contributed by atoms with E-state index in [1.54, 1.807) is 24.3 Å². The van der Waals surface area contributed by atoms with E-state index in [4.69, 9.17) is 4.74 Å². The number of rotatable bonds is 6. The largest absolute Gasteiger partial charge is 0.457 e. The molecule has 0 heterocycles. The number of nitrogens with one attached hydrogen (secondary N) is 1. The average Bonchev–Trinajstić information content (AvgIpc) is 2.79. The number of fused-ring (bicyclic) bond motifs is 1. The molecule has 4 rings (SSSR count). The van der Waals surface area contributed by atoms with Crippen LogP contribution in [0.5, 0.6) is 0 Å². The third-order valence-corrected chi connectivity index (χ3v) is 5.14. The Morgan fingerprint density at radius 1 is 0.806 bits per heavy atom. The molecule has 154 valence electrons. The summed E-state index contributed by atoms with van der Waals surface area (Å²) < 4.78 is 5.46. The monoisotopic (exact) mass is 409 g/mol. The Balaban J connectivity index is 1.45. The van der Waals surface area contributed by atoms with Crippen LogP contribution in [0.4, 0.5) is 5.69 Å². The van der Waals surface area contributed by atoms with E-state index in [1.165, 1.54) is 0 Å². The Morgan fingerprint density at radius 2 is 1.52 bits per heavy atom. The van der Waals surface area contributed by atoms with E-state index in [9.17, 15) is 9.59 Å². The minimum Gasteiger partial charge on any atom is -0.457 e. The van der Waals surface area contributed by atoms with E-state index in [1.807, 2.05) is 73.7 Å². The number of amides is 1. The summed E-state index contributed by atoms with van der Waals surface area (Å²) in [6.07, 6.45) is 0.216. The van der Waals surface area contributed by atoms with Gasteiger partial charge in [0.2, 0.25) is 5.91 Å². The summed E-state index contributed by atoms with van der Waals surface area (Å²) in [5, 5.41) is 5.01. The molecule has 4 heteroatoms. The van der Waals surface area contributed by atoms with Gasteiger partial charge in [0.1, 0.15) is 6.61 Å². The molecule has 0 bridgehead atoms. The highest BCUT2D eigenvalue weighted by molar-refractivity contribution is 6.02. The van der Waals surface area contributed by atoms with E-state index in [0.29, 0.717) is 11.3 Å². The van der Waals surface area contributed by atoms with Crippen LogP contribution in [0.15, 0.2) is 91.0 Å². The van der Waals surface area contributed by atoms with Crippen LogP contribution in [-0.2, 0) is 22.6 Å². The zero-order valence-corrected chi connectivity index (χ0v) is 17.3. The maximum absolute atomic E-state index is 12.7. The minimum absolute atomic E-state index is 0.178. The molecular weight excluding hydrogens is 386 g/mol. The summed E-state index contributed by atoms with van der Waals surface area (Å²) in [6.45, 7) is 2.18. The van der Waals surface area contributed by atoms with Gasteiger partial charge in [0.25, 0.3) is 0 Å². The lowest BCUT2D eigenvalue weighted by molar-refractivity contribution is -0.115. The molecular formula is C27H23NO3. The maximum Gasteiger partial charge on any atom is 0.340 e. The van der Waals surface area contributed by atoms with Gasteiger partial charge in [-0.15, -0.1) is 0 Å². The fourth-order valence-electron chi connectivity index (χ4n) is 3.50. The van der Waals surface area contributed by atoms with Crippen LogP contribution in [0.1, 0.15) is 27.0 Å². The van der Waals surface area contributed by atoms with Crippen molar-refractivity contribution in [3.05, 3.63) is 113 Å². The molecule has 0 radical (unpaired) electrons. The van der Waals surface area contributed by atoms with Gasteiger partial charge in [0, 0.05) is 0 Å². The standard InChI is InChI=1S/C27H23NO3/c1-19-13-15-20(16-14-19)18-31-27(30)24-11-4-5-12-25(24)28-26(29)17-22-9-6-8-21-7-2-3-10-23(21)22/h2-16H,17-18H2,1H3,(H,28,29). The smallest absolute Gasteiger partial charge is 0.340 e. The summed E-state index contributed by atoms with van der Waals surface area (Å²) in [4.78, 5) is 25.4. The maximum atomic E-state index is 12.7. The van der Waals surface area contributed by atoms with Crippen molar-refractivity contribution < 1.29 is 14.3 Å². The molecule has 0 saturated heterocycles. The molecule has 31 heavy (non-hydrogen) atoms. The fraction of sp³-hybridized carbons (Fsp3) is 0.111. The third kappa shape index (κ3) is 4.98. The molecule has 0 aliphatic carbocycles. The third-order valence-electron chi connectivity index (χ3n) is 5.14. The molecule has 0 aromatic heterocycles. The molecule has 0 unspecified atom stereocenters. The second-order valence-electron chi connectivity index (χ2n) is 7.47. The highest BCUT2D eigenvalue weighted by atomic mass is 16.5. The van der Waals surface area contributed by atoms with Crippen molar-refractivity contribution >= 4 is 28.3 Å². The molecule has 0 fully saturated rings. The predicted molar refractivity (Wildman–Crippen MR) is 123 cm³/mol. The average molecular weight is 409 g/mol. The Hall–Kier alpha value is -3.92. The number of para-hydroxylation sites is 1. The van der Waals surface area contributed by atoms with Gasteiger partial charge in [-0.2, -0.15) is 0 Å². The molecule has 1 N–H and O–H groups in total.